The van der Waals surface area contributed by atoms with Crippen LogP contribution in [-0.2, 0) is 41.0 Å². The van der Waals surface area contributed by atoms with E-state index in [-0.39, 0.29) is 24.4 Å². The number of furan rings is 4. The largest absolute Gasteiger partial charge is 0.456 e. The van der Waals surface area contributed by atoms with E-state index in [0.29, 0.717) is 136 Å². The van der Waals surface area contributed by atoms with Crippen LogP contribution in [0.4, 0.5) is 22.7 Å². The van der Waals surface area contributed by atoms with Gasteiger partial charge in [-0.3, -0.25) is 0 Å². The normalized spacial score (nSPS) is 13.7. The lowest BCUT2D eigenvalue weighted by Crippen LogP contribution is -2.37. The van der Waals surface area contributed by atoms with Crippen LogP contribution in [-0.4, -0.2) is 0 Å². The van der Waals surface area contributed by atoms with Gasteiger partial charge < -0.3 is 17.7 Å². The minimum atomic E-state index is -2.56. The Bertz CT molecular complexity index is 9060. The fraction of sp³-hybridized carbons (Fsp3) is 0.226. The zero-order valence-corrected chi connectivity index (χ0v) is 80.8. The van der Waals surface area contributed by atoms with Crippen molar-refractivity contribution >= 4 is 111 Å². The lowest BCUT2D eigenvalue weighted by Gasteiger charge is -2.15. The minimum Gasteiger partial charge on any atom is -0.456 e. The van der Waals surface area contributed by atoms with Crippen LogP contribution in [0.2, 0.25) is 0 Å². The van der Waals surface area contributed by atoms with Crippen LogP contribution < -0.4 is 18.3 Å². The molecule has 1 atom stereocenters. The molecule has 0 bridgehead atoms. The third-order valence-corrected chi connectivity index (χ3v) is 26.8. The van der Waals surface area contributed by atoms with Gasteiger partial charge in [0.2, 0.25) is 22.8 Å². The first-order valence-corrected chi connectivity index (χ1v) is 45.6. The van der Waals surface area contributed by atoms with E-state index in [4.69, 9.17) is 60.4 Å². The molecule has 8 aromatic heterocycles. The smallest absolute Gasteiger partial charge is 0.216 e. The molecule has 8 heterocycles. The molecule has 0 aliphatic heterocycles. The molecule has 12 nitrogen and oxygen atoms in total. The summed E-state index contributed by atoms with van der Waals surface area (Å²) in [6, 6.07) is 71.7. The predicted octanol–water partition coefficient (Wildman–Crippen LogP) is 32.9. The van der Waals surface area contributed by atoms with E-state index >= 15 is 0 Å². The Morgan fingerprint density at radius 1 is 0.294 bits per heavy atom. The molecule has 0 aliphatic rings. The number of hydrogen-bond acceptors (Lipinski definition) is 4. The number of pyridine rings is 4. The second-order valence-electron chi connectivity index (χ2n) is 35.9. The molecule has 136 heavy (non-hydrogen) atoms. The summed E-state index contributed by atoms with van der Waals surface area (Å²) >= 11 is 0. The van der Waals surface area contributed by atoms with E-state index in [2.05, 4.69) is 31.5 Å². The summed E-state index contributed by atoms with van der Waals surface area (Å²) in [5.74, 6) is -2.94. The van der Waals surface area contributed by atoms with Crippen molar-refractivity contribution in [3.05, 3.63) is 378 Å². The summed E-state index contributed by atoms with van der Waals surface area (Å²) in [7, 11) is 7.54. The van der Waals surface area contributed by atoms with Gasteiger partial charge in [0.25, 0.3) is 0 Å². The Balaban J connectivity index is 0.000000136. The fourth-order valence-electron chi connectivity index (χ4n) is 19.8. The van der Waals surface area contributed by atoms with Gasteiger partial charge in [0.05, 0.1) is 54.0 Å². The number of aromatic nitrogens is 4. The van der Waals surface area contributed by atoms with Crippen molar-refractivity contribution in [2.75, 3.05) is 0 Å². The van der Waals surface area contributed by atoms with Gasteiger partial charge in [-0.05, 0) is 153 Å². The topological polar surface area (TPSA) is 85.5 Å². The Labute approximate surface area is 818 Å². The third-order valence-electron chi connectivity index (χ3n) is 26.8. The Kier molecular flexibility index (Phi) is 20.9. The first-order chi connectivity index (χ1) is 70.9. The van der Waals surface area contributed by atoms with Crippen LogP contribution in [0.1, 0.15) is 169 Å². The summed E-state index contributed by atoms with van der Waals surface area (Å²) in [6.45, 7) is 58.2. The van der Waals surface area contributed by atoms with E-state index in [1.807, 2.05) is 338 Å². The van der Waals surface area contributed by atoms with Crippen LogP contribution in [0.15, 0.2) is 260 Å². The molecule has 0 fully saturated rings. The predicted molar refractivity (Wildman–Crippen MR) is 561 cm³/mol. The van der Waals surface area contributed by atoms with E-state index in [0.717, 1.165) is 166 Å². The maximum atomic E-state index is 9.21. The lowest BCUT2D eigenvalue weighted by atomic mass is 9.93. The van der Waals surface area contributed by atoms with Gasteiger partial charge in [0, 0.05) is 153 Å². The Morgan fingerprint density at radius 3 is 0.779 bits per heavy atom. The van der Waals surface area contributed by atoms with E-state index in [9.17, 15) is 2.74 Å². The molecular formula is C124H116N8O4+4. The number of fused-ring (bicyclic) bond motifs is 12. The number of aryl methyl sites for hydroxylation is 4. The maximum Gasteiger partial charge on any atom is 0.216 e. The van der Waals surface area contributed by atoms with Crippen LogP contribution in [0.3, 0.4) is 0 Å². The van der Waals surface area contributed by atoms with Gasteiger partial charge in [-0.1, -0.05) is 267 Å². The molecule has 0 spiro atoms. The van der Waals surface area contributed by atoms with Crippen LogP contribution in [0, 0.1) is 115 Å². The molecule has 0 saturated carbocycles. The van der Waals surface area contributed by atoms with Gasteiger partial charge >= 0.3 is 0 Å². The van der Waals surface area contributed by atoms with Gasteiger partial charge in [0.15, 0.2) is 45.5 Å². The molecule has 672 valence electrons. The SMILES string of the molecule is [2H]c1c(C)c(C([2H])(C)C([2H])([2H])[2H])c(C)[n+](C)c1-c1c(C)ccc2c1oc1c(-c3ccccc3)c([N+]#[C-])ccc12.[2H]c1c(C)c(C([2H])(C)C)c(C)[n+](C)c1-c1c(C)ccc2c1oc1c(-c3ccccc3)c([N+]#[C-])ccc12.[2H]c1c(C)c(C([2H])([2H])C(C)C)c(C)[n+](C)c1-c1c(C)ccc2c1oc1c(-c3ccccc3)c([N+]#[C-])ccc12.[2H]c1c(C)c(CC([2H])([2H])[2H])c(C)[n+](C)c1-c1c(C)ccc2c1oc1c(-c3ccccc3)c([N+]#[C-])ccc12. The zero-order valence-electron chi connectivity index (χ0n) is 94.8. The Morgan fingerprint density at radius 2 is 0.529 bits per heavy atom. The molecule has 0 radical (unpaired) electrons. The fourth-order valence-corrected chi connectivity index (χ4v) is 19.8. The lowest BCUT2D eigenvalue weighted by molar-refractivity contribution is -0.667. The second-order valence-corrected chi connectivity index (χ2v) is 35.9. The van der Waals surface area contributed by atoms with Crippen molar-refractivity contribution in [3.63, 3.8) is 0 Å². The monoisotopic (exact) mass is 1790 g/mol. The Hall–Kier alpha value is -15.6. The molecule has 12 aromatic carbocycles. The maximum absolute atomic E-state index is 9.21. The first kappa shape index (κ1) is 75.9. The molecule has 0 amide bonds. The quantitative estimate of drug-likeness (QED) is 0.0850. The molecular weight excluding hydrogens is 1670 g/mol. The van der Waals surface area contributed by atoms with E-state index in [1.165, 1.54) is 6.92 Å². The van der Waals surface area contributed by atoms with Gasteiger partial charge in [0.1, 0.15) is 72.9 Å². The van der Waals surface area contributed by atoms with E-state index in [1.54, 1.807) is 25.5 Å². The highest BCUT2D eigenvalue weighted by Gasteiger charge is 2.33. The molecule has 20 aromatic rings. The van der Waals surface area contributed by atoms with Crippen molar-refractivity contribution in [2.45, 2.75) is 156 Å². The number of benzene rings is 12. The summed E-state index contributed by atoms with van der Waals surface area (Å²) in [5.41, 5.74) is 32.0. The highest BCUT2D eigenvalue weighted by atomic mass is 16.3. The van der Waals surface area contributed by atoms with Gasteiger partial charge in [-0.15, -0.1) is 0 Å². The summed E-state index contributed by atoms with van der Waals surface area (Å²) in [6.07, 6.45) is -1.65. The van der Waals surface area contributed by atoms with Crippen LogP contribution >= 0.6 is 0 Å². The second kappa shape index (κ2) is 37.5. The van der Waals surface area contributed by atoms with Gasteiger partial charge in [-0.25, -0.2) is 19.4 Å². The molecule has 12 heteroatoms. The van der Waals surface area contributed by atoms with Gasteiger partial charge in [-0.2, -0.15) is 18.3 Å². The highest BCUT2D eigenvalue weighted by Crippen LogP contribution is 2.51. The van der Waals surface area contributed by atoms with Crippen LogP contribution in [0.5, 0.6) is 0 Å². The average Bonchev–Trinajstić information content (AvgIpc) is 1.47. The molecule has 0 saturated heterocycles. The van der Waals surface area contributed by atoms with Crippen molar-refractivity contribution in [1.29, 1.82) is 0 Å². The number of hydrogen-bond donors (Lipinski definition) is 0. The standard InChI is InChI=1S/C32H31N2O.2C31H29N2O.C30H27N2O/c1-19(2)17-26-21(4)18-28(34(7)22(26)5)29-20(3)13-14-24-25-15-16-27(33-6)30(32(25)35-31(24)29)23-11-9-8-10-12-23;2*1-18(2)27-20(4)17-26(33(7)21(27)5)28-19(3)13-14-23-24-15-16-25(32-6)29(31(24)34-30(23)28)22-11-9-8-10-12-22;1-7-22-19(3)17-26(32(6)20(22)4)27-18(2)13-14-23-24-15-16-25(31-5)28(30(24)33-29(23)27)21-11-9-8-10-12-21/h8-16,18-19H,17H2,1-5,7H3;2*8-18H,1-5,7H3;8-17H,7H2,1-4,6H3/q4*+1/i17D2,18D;1D3,17D,18D;17D,18D;1D3,17D. The third kappa shape index (κ3) is 16.1. The zero-order chi connectivity index (χ0) is 109. The van der Waals surface area contributed by atoms with Crippen molar-refractivity contribution in [1.82, 2.24) is 0 Å². The highest BCUT2D eigenvalue weighted by molar-refractivity contribution is 6.19. The first-order valence-electron chi connectivity index (χ1n) is 52.6. The van der Waals surface area contributed by atoms with Crippen LogP contribution in [0.25, 0.3) is 197 Å². The molecule has 1 unspecified atom stereocenters. The van der Waals surface area contributed by atoms with Crippen molar-refractivity contribution in [3.8, 4) is 89.5 Å². The number of nitrogens with zero attached hydrogens (tertiary/aromatic N) is 8. The number of rotatable bonds is 13. The minimum absolute atomic E-state index is 0.0850. The molecule has 20 rings (SSSR count). The van der Waals surface area contributed by atoms with Crippen molar-refractivity contribution < 1.29 is 55.1 Å². The average molecular weight is 1800 g/mol. The van der Waals surface area contributed by atoms with E-state index < -0.39 is 31.9 Å². The molecule has 0 N–H and O–H groups in total. The summed E-state index contributed by atoms with van der Waals surface area (Å²) in [4.78, 5) is 15.1. The van der Waals surface area contributed by atoms with Crippen molar-refractivity contribution in [2.24, 2.45) is 34.1 Å². The summed E-state index contributed by atoms with van der Waals surface area (Å²) < 4.78 is 153. The molecule has 0 aliphatic carbocycles. The summed E-state index contributed by atoms with van der Waals surface area (Å²) in [5, 5.41) is 7.30.